The van der Waals surface area contributed by atoms with Crippen LogP contribution in [0.25, 0.3) is 0 Å². The van der Waals surface area contributed by atoms with Gasteiger partial charge in [-0.1, -0.05) is 11.6 Å². The number of rotatable bonds is 5. The van der Waals surface area contributed by atoms with E-state index in [9.17, 15) is 0 Å². The van der Waals surface area contributed by atoms with Gasteiger partial charge in [0.1, 0.15) is 5.75 Å². The molecule has 1 heterocycles. The minimum atomic E-state index is 0.166. The predicted molar refractivity (Wildman–Crippen MR) is 75.6 cm³/mol. The number of hydrogen-bond acceptors (Lipinski definition) is 4. The van der Waals surface area contributed by atoms with Crippen LogP contribution in [0.1, 0.15) is 16.5 Å². The van der Waals surface area contributed by atoms with E-state index in [1.54, 1.807) is 18.4 Å². The summed E-state index contributed by atoms with van der Waals surface area (Å²) in [6.07, 6.45) is 2.77. The Morgan fingerprint density at radius 2 is 2.33 bits per heavy atom. The number of aromatic nitrogens is 1. The Morgan fingerprint density at radius 1 is 1.50 bits per heavy atom. The number of likely N-dealkylation sites (N-methyl/N-ethyl adjacent to an activating group) is 1. The van der Waals surface area contributed by atoms with Crippen LogP contribution in [0.2, 0.25) is 5.02 Å². The van der Waals surface area contributed by atoms with Crippen molar-refractivity contribution < 1.29 is 4.74 Å². The molecule has 2 rings (SSSR count). The third-order valence-electron chi connectivity index (χ3n) is 2.80. The zero-order chi connectivity index (χ0) is 13.0. The van der Waals surface area contributed by atoms with Crippen LogP contribution in [0, 0.1) is 0 Å². The van der Waals surface area contributed by atoms with Crippen molar-refractivity contribution in [2.45, 2.75) is 12.5 Å². The average Bonchev–Trinajstić information content (AvgIpc) is 2.88. The third kappa shape index (κ3) is 3.02. The van der Waals surface area contributed by atoms with Crippen LogP contribution in [0.5, 0.6) is 5.75 Å². The molecule has 1 N–H and O–H groups in total. The van der Waals surface area contributed by atoms with Gasteiger partial charge in [0.05, 0.1) is 12.6 Å². The number of nitrogens with zero attached hydrogens (tertiary/aromatic N) is 1. The number of hydrogen-bond donors (Lipinski definition) is 1. The highest BCUT2D eigenvalue weighted by Gasteiger charge is 2.16. The van der Waals surface area contributed by atoms with Gasteiger partial charge < -0.3 is 10.1 Å². The van der Waals surface area contributed by atoms with Gasteiger partial charge in [0.2, 0.25) is 0 Å². The standard InChI is InChI=1S/C13H15ClN2OS/c1-15-12(6-10-7-16-8-18-10)11-5-9(14)3-4-13(11)17-2/h3-5,7-8,12,15H,6H2,1-2H3. The first-order chi connectivity index (χ1) is 8.74. The number of thiazole rings is 1. The van der Waals surface area contributed by atoms with E-state index in [0.29, 0.717) is 0 Å². The second-order valence-corrected chi connectivity index (χ2v) is 5.31. The molecule has 3 nitrogen and oxygen atoms in total. The summed E-state index contributed by atoms with van der Waals surface area (Å²) in [7, 11) is 3.61. The number of ether oxygens (including phenoxy) is 1. The van der Waals surface area contributed by atoms with Crippen molar-refractivity contribution in [3.8, 4) is 5.75 Å². The fraction of sp³-hybridized carbons (Fsp3) is 0.308. The van der Waals surface area contributed by atoms with Gasteiger partial charge in [0.25, 0.3) is 0 Å². The van der Waals surface area contributed by atoms with Gasteiger partial charge in [-0.2, -0.15) is 0 Å². The lowest BCUT2D eigenvalue weighted by Crippen LogP contribution is -2.19. The summed E-state index contributed by atoms with van der Waals surface area (Å²) in [5.41, 5.74) is 2.91. The molecule has 18 heavy (non-hydrogen) atoms. The molecule has 5 heteroatoms. The summed E-state index contributed by atoms with van der Waals surface area (Å²) in [6, 6.07) is 5.85. The topological polar surface area (TPSA) is 34.2 Å². The van der Waals surface area contributed by atoms with Crippen molar-refractivity contribution in [2.75, 3.05) is 14.2 Å². The summed E-state index contributed by atoms with van der Waals surface area (Å²) in [4.78, 5) is 5.33. The van der Waals surface area contributed by atoms with E-state index < -0.39 is 0 Å². The molecule has 1 aromatic carbocycles. The molecule has 0 aliphatic rings. The molecule has 0 saturated carbocycles. The lowest BCUT2D eigenvalue weighted by molar-refractivity contribution is 0.401. The Labute approximate surface area is 116 Å². The molecule has 0 bridgehead atoms. The van der Waals surface area contributed by atoms with E-state index in [-0.39, 0.29) is 6.04 Å². The molecule has 0 aliphatic heterocycles. The Morgan fingerprint density at radius 3 is 2.94 bits per heavy atom. The van der Waals surface area contributed by atoms with Gasteiger partial charge in [-0.05, 0) is 25.2 Å². The van der Waals surface area contributed by atoms with Crippen LogP contribution in [-0.2, 0) is 6.42 Å². The average molecular weight is 283 g/mol. The second-order valence-electron chi connectivity index (χ2n) is 3.90. The molecule has 0 spiro atoms. The highest BCUT2D eigenvalue weighted by atomic mass is 35.5. The first kappa shape index (κ1) is 13.3. The molecular weight excluding hydrogens is 268 g/mol. The number of methoxy groups -OCH3 is 1. The van der Waals surface area contributed by atoms with E-state index in [1.807, 2.05) is 37.0 Å². The summed E-state index contributed by atoms with van der Waals surface area (Å²) in [5, 5.41) is 4.02. The second kappa shape index (κ2) is 6.18. The van der Waals surface area contributed by atoms with Gasteiger partial charge in [-0.3, -0.25) is 4.98 Å². The molecule has 0 saturated heterocycles. The van der Waals surface area contributed by atoms with E-state index in [0.717, 1.165) is 22.8 Å². The largest absolute Gasteiger partial charge is 0.496 e. The molecule has 1 aromatic heterocycles. The molecule has 0 radical (unpaired) electrons. The number of halogens is 1. The fourth-order valence-electron chi connectivity index (χ4n) is 1.89. The van der Waals surface area contributed by atoms with Crippen LogP contribution in [0.15, 0.2) is 29.9 Å². The van der Waals surface area contributed by atoms with E-state index in [4.69, 9.17) is 16.3 Å². The number of nitrogens with one attached hydrogen (secondary N) is 1. The Hall–Kier alpha value is -1.10. The molecule has 0 amide bonds. The van der Waals surface area contributed by atoms with Gasteiger partial charge >= 0.3 is 0 Å². The SMILES string of the molecule is CNC(Cc1cncs1)c1cc(Cl)ccc1OC. The first-order valence-electron chi connectivity index (χ1n) is 5.62. The molecular formula is C13H15ClN2OS. The Bertz CT molecular complexity index is 502. The van der Waals surface area contributed by atoms with Gasteiger partial charge in [0, 0.05) is 34.1 Å². The molecule has 0 aliphatic carbocycles. The highest BCUT2D eigenvalue weighted by Crippen LogP contribution is 2.30. The zero-order valence-electron chi connectivity index (χ0n) is 10.3. The molecule has 1 atom stereocenters. The fourth-order valence-corrected chi connectivity index (χ4v) is 2.71. The quantitative estimate of drug-likeness (QED) is 0.914. The molecule has 0 fully saturated rings. The van der Waals surface area contributed by atoms with Gasteiger partial charge in [-0.15, -0.1) is 11.3 Å². The van der Waals surface area contributed by atoms with Crippen molar-refractivity contribution in [3.05, 3.63) is 45.4 Å². The minimum absolute atomic E-state index is 0.166. The molecule has 1 unspecified atom stereocenters. The van der Waals surface area contributed by atoms with E-state index in [2.05, 4.69) is 10.3 Å². The van der Waals surface area contributed by atoms with Crippen molar-refractivity contribution in [3.63, 3.8) is 0 Å². The maximum absolute atomic E-state index is 6.06. The molecule has 96 valence electrons. The lowest BCUT2D eigenvalue weighted by Gasteiger charge is -2.19. The first-order valence-corrected chi connectivity index (χ1v) is 6.88. The smallest absolute Gasteiger partial charge is 0.123 e. The van der Waals surface area contributed by atoms with Crippen molar-refractivity contribution in [2.24, 2.45) is 0 Å². The van der Waals surface area contributed by atoms with E-state index in [1.165, 1.54) is 4.88 Å². The minimum Gasteiger partial charge on any atom is -0.496 e. The van der Waals surface area contributed by atoms with Crippen LogP contribution in [0.4, 0.5) is 0 Å². The normalized spacial score (nSPS) is 12.4. The molecule has 2 aromatic rings. The van der Waals surface area contributed by atoms with Crippen molar-refractivity contribution in [1.29, 1.82) is 0 Å². The summed E-state index contributed by atoms with van der Waals surface area (Å²) in [6.45, 7) is 0. The maximum Gasteiger partial charge on any atom is 0.123 e. The summed E-state index contributed by atoms with van der Waals surface area (Å²) < 4.78 is 5.39. The van der Waals surface area contributed by atoms with Crippen LogP contribution in [-0.4, -0.2) is 19.1 Å². The predicted octanol–water partition coefficient (Wildman–Crippen LogP) is 3.31. The van der Waals surface area contributed by atoms with E-state index >= 15 is 0 Å². The van der Waals surface area contributed by atoms with Gasteiger partial charge in [0.15, 0.2) is 0 Å². The maximum atomic E-state index is 6.06. The lowest BCUT2D eigenvalue weighted by atomic mass is 10.0. The van der Waals surface area contributed by atoms with Crippen molar-refractivity contribution in [1.82, 2.24) is 10.3 Å². The van der Waals surface area contributed by atoms with Crippen molar-refractivity contribution >= 4 is 22.9 Å². The summed E-state index contributed by atoms with van der Waals surface area (Å²) in [5.74, 6) is 0.850. The Balaban J connectivity index is 2.28. The zero-order valence-corrected chi connectivity index (χ0v) is 11.9. The monoisotopic (exact) mass is 282 g/mol. The van der Waals surface area contributed by atoms with Crippen LogP contribution >= 0.6 is 22.9 Å². The number of benzene rings is 1. The third-order valence-corrected chi connectivity index (χ3v) is 3.84. The van der Waals surface area contributed by atoms with Crippen LogP contribution in [0.3, 0.4) is 0 Å². The Kier molecular flexibility index (Phi) is 4.58. The van der Waals surface area contributed by atoms with Crippen LogP contribution < -0.4 is 10.1 Å². The van der Waals surface area contributed by atoms with Gasteiger partial charge in [-0.25, -0.2) is 0 Å². The highest BCUT2D eigenvalue weighted by molar-refractivity contribution is 7.09. The summed E-state index contributed by atoms with van der Waals surface area (Å²) >= 11 is 7.72.